The molecule has 0 radical (unpaired) electrons. The molecule has 2 heterocycles. The molecule has 2 aromatic carbocycles. The van der Waals surface area contributed by atoms with Gasteiger partial charge in [-0.25, -0.2) is 0 Å². The highest BCUT2D eigenvalue weighted by Crippen LogP contribution is 2.21. The Labute approximate surface area is 173 Å². The number of anilines is 2. The molecule has 1 N–H and O–H groups in total. The highest BCUT2D eigenvalue weighted by Gasteiger charge is 2.22. The van der Waals surface area contributed by atoms with Crippen LogP contribution in [0.2, 0.25) is 5.02 Å². The van der Waals surface area contributed by atoms with Crippen molar-refractivity contribution in [2.75, 3.05) is 36.4 Å². The molecule has 2 amide bonds. The number of benzene rings is 2. The zero-order chi connectivity index (χ0) is 20.2. The molecule has 0 atom stereocenters. The first kappa shape index (κ1) is 19.1. The average molecular weight is 410 g/mol. The van der Waals surface area contributed by atoms with Gasteiger partial charge in [0.05, 0.1) is 6.26 Å². The number of rotatable bonds is 4. The third kappa shape index (κ3) is 4.43. The molecule has 0 saturated carbocycles. The average Bonchev–Trinajstić information content (AvgIpc) is 3.30. The van der Waals surface area contributed by atoms with E-state index in [0.29, 0.717) is 29.4 Å². The van der Waals surface area contributed by atoms with Crippen molar-refractivity contribution < 1.29 is 14.0 Å². The van der Waals surface area contributed by atoms with Crippen LogP contribution in [-0.2, 0) is 0 Å². The van der Waals surface area contributed by atoms with Gasteiger partial charge in [0.25, 0.3) is 11.8 Å². The number of hydrogen-bond acceptors (Lipinski definition) is 4. The van der Waals surface area contributed by atoms with Crippen molar-refractivity contribution in [2.24, 2.45) is 0 Å². The first-order chi connectivity index (χ1) is 14.1. The second-order valence-electron chi connectivity index (χ2n) is 6.76. The molecule has 148 valence electrons. The molecule has 1 aliphatic heterocycles. The fourth-order valence-electron chi connectivity index (χ4n) is 3.30. The Hall–Kier alpha value is -3.25. The SMILES string of the molecule is O=C(Nc1ccc(N2CCN(C(=O)c3ccc(Cl)cc3)CC2)cc1)c1ccco1. The Bertz CT molecular complexity index is 977. The van der Waals surface area contributed by atoms with E-state index in [-0.39, 0.29) is 17.6 Å². The first-order valence-electron chi connectivity index (χ1n) is 9.35. The minimum atomic E-state index is -0.280. The van der Waals surface area contributed by atoms with Crippen molar-refractivity contribution >= 4 is 34.8 Å². The maximum atomic E-state index is 12.6. The molecular weight excluding hydrogens is 390 g/mol. The predicted octanol–water partition coefficient (Wildman–Crippen LogP) is 4.15. The van der Waals surface area contributed by atoms with Gasteiger partial charge in [0.1, 0.15) is 0 Å². The smallest absolute Gasteiger partial charge is 0.291 e. The molecule has 1 saturated heterocycles. The molecular formula is C22H20ClN3O3. The van der Waals surface area contributed by atoms with Gasteiger partial charge in [0, 0.05) is 48.1 Å². The molecule has 3 aromatic rings. The quantitative estimate of drug-likeness (QED) is 0.703. The summed E-state index contributed by atoms with van der Waals surface area (Å²) in [4.78, 5) is 28.7. The summed E-state index contributed by atoms with van der Waals surface area (Å²) in [5, 5.41) is 3.43. The van der Waals surface area contributed by atoms with Gasteiger partial charge < -0.3 is 19.5 Å². The Morgan fingerprint density at radius 2 is 1.59 bits per heavy atom. The largest absolute Gasteiger partial charge is 0.459 e. The van der Waals surface area contributed by atoms with Crippen molar-refractivity contribution in [3.05, 3.63) is 83.3 Å². The first-order valence-corrected chi connectivity index (χ1v) is 9.73. The fourth-order valence-corrected chi connectivity index (χ4v) is 3.42. The van der Waals surface area contributed by atoms with Crippen molar-refractivity contribution in [1.82, 2.24) is 4.90 Å². The molecule has 1 fully saturated rings. The summed E-state index contributed by atoms with van der Waals surface area (Å²) in [6.07, 6.45) is 1.47. The number of halogens is 1. The molecule has 1 aromatic heterocycles. The lowest BCUT2D eigenvalue weighted by Gasteiger charge is -2.36. The van der Waals surface area contributed by atoms with Crippen molar-refractivity contribution in [2.45, 2.75) is 0 Å². The van der Waals surface area contributed by atoms with E-state index in [2.05, 4.69) is 10.2 Å². The molecule has 29 heavy (non-hydrogen) atoms. The number of nitrogens with zero attached hydrogens (tertiary/aromatic N) is 2. The van der Waals surface area contributed by atoms with E-state index < -0.39 is 0 Å². The van der Waals surface area contributed by atoms with Crippen LogP contribution < -0.4 is 10.2 Å². The number of piperazine rings is 1. The highest BCUT2D eigenvalue weighted by atomic mass is 35.5. The van der Waals surface area contributed by atoms with Crippen LogP contribution in [-0.4, -0.2) is 42.9 Å². The zero-order valence-corrected chi connectivity index (χ0v) is 16.4. The molecule has 7 heteroatoms. The minimum Gasteiger partial charge on any atom is -0.459 e. The van der Waals surface area contributed by atoms with E-state index in [1.807, 2.05) is 29.2 Å². The summed E-state index contributed by atoms with van der Waals surface area (Å²) in [5.41, 5.74) is 2.41. The number of nitrogens with one attached hydrogen (secondary N) is 1. The van der Waals surface area contributed by atoms with Crippen LogP contribution >= 0.6 is 11.6 Å². The maximum Gasteiger partial charge on any atom is 0.291 e. The summed E-state index contributed by atoms with van der Waals surface area (Å²) in [5.74, 6) is 0.0185. The monoisotopic (exact) mass is 409 g/mol. The van der Waals surface area contributed by atoms with Crippen molar-refractivity contribution in [3.8, 4) is 0 Å². The minimum absolute atomic E-state index is 0.0253. The fraction of sp³-hybridized carbons (Fsp3) is 0.182. The van der Waals surface area contributed by atoms with Crippen molar-refractivity contribution in [3.63, 3.8) is 0 Å². The lowest BCUT2D eigenvalue weighted by molar-refractivity contribution is 0.0746. The van der Waals surface area contributed by atoms with Crippen LogP contribution in [0, 0.1) is 0 Å². The zero-order valence-electron chi connectivity index (χ0n) is 15.7. The van der Waals surface area contributed by atoms with E-state index in [1.165, 1.54) is 6.26 Å². The topological polar surface area (TPSA) is 65.8 Å². The predicted molar refractivity (Wildman–Crippen MR) is 113 cm³/mol. The van der Waals surface area contributed by atoms with Crippen LogP contribution in [0.15, 0.2) is 71.3 Å². The van der Waals surface area contributed by atoms with Gasteiger partial charge >= 0.3 is 0 Å². The standard InChI is InChI=1S/C22H20ClN3O3/c23-17-5-3-16(4-6-17)22(28)26-13-11-25(12-14-26)19-9-7-18(8-10-19)24-21(27)20-2-1-15-29-20/h1-10,15H,11-14H2,(H,24,27). The number of carbonyl (C=O) groups excluding carboxylic acids is 2. The van der Waals surface area contributed by atoms with Gasteiger partial charge in [0.2, 0.25) is 0 Å². The summed E-state index contributed by atoms with van der Waals surface area (Å²) in [7, 11) is 0. The second-order valence-corrected chi connectivity index (χ2v) is 7.20. The summed E-state index contributed by atoms with van der Waals surface area (Å²) < 4.78 is 5.09. The molecule has 0 spiro atoms. The Balaban J connectivity index is 1.33. The van der Waals surface area contributed by atoms with Crippen LogP contribution in [0.5, 0.6) is 0 Å². The number of carbonyl (C=O) groups is 2. The van der Waals surface area contributed by atoms with E-state index >= 15 is 0 Å². The van der Waals surface area contributed by atoms with Gasteiger partial charge in [-0.3, -0.25) is 9.59 Å². The molecule has 6 nitrogen and oxygen atoms in total. The second kappa shape index (κ2) is 8.41. The lowest BCUT2D eigenvalue weighted by atomic mass is 10.1. The van der Waals surface area contributed by atoms with E-state index in [4.69, 9.17) is 16.0 Å². The molecule has 0 bridgehead atoms. The number of hydrogen-bond donors (Lipinski definition) is 1. The van der Waals surface area contributed by atoms with Gasteiger partial charge in [-0.1, -0.05) is 11.6 Å². The summed E-state index contributed by atoms with van der Waals surface area (Å²) in [6.45, 7) is 2.80. The van der Waals surface area contributed by atoms with Crippen LogP contribution in [0.25, 0.3) is 0 Å². The van der Waals surface area contributed by atoms with Crippen LogP contribution in [0.1, 0.15) is 20.9 Å². The Morgan fingerprint density at radius 3 is 2.21 bits per heavy atom. The number of amides is 2. The van der Waals surface area contributed by atoms with E-state index in [9.17, 15) is 9.59 Å². The Morgan fingerprint density at radius 1 is 0.897 bits per heavy atom. The number of furan rings is 1. The third-order valence-electron chi connectivity index (χ3n) is 4.89. The van der Waals surface area contributed by atoms with Gasteiger partial charge in [-0.2, -0.15) is 0 Å². The maximum absolute atomic E-state index is 12.6. The van der Waals surface area contributed by atoms with E-state index in [0.717, 1.165) is 18.8 Å². The summed E-state index contributed by atoms with van der Waals surface area (Å²) >= 11 is 5.89. The van der Waals surface area contributed by atoms with Crippen molar-refractivity contribution in [1.29, 1.82) is 0 Å². The van der Waals surface area contributed by atoms with Gasteiger partial charge in [0.15, 0.2) is 5.76 Å². The molecule has 0 aliphatic carbocycles. The lowest BCUT2D eigenvalue weighted by Crippen LogP contribution is -2.48. The van der Waals surface area contributed by atoms with E-state index in [1.54, 1.807) is 36.4 Å². The van der Waals surface area contributed by atoms with Crippen LogP contribution in [0.4, 0.5) is 11.4 Å². The van der Waals surface area contributed by atoms with Gasteiger partial charge in [-0.05, 0) is 60.7 Å². The normalized spacial score (nSPS) is 14.0. The highest BCUT2D eigenvalue weighted by molar-refractivity contribution is 6.30. The summed E-state index contributed by atoms with van der Waals surface area (Å²) in [6, 6.07) is 17.9. The third-order valence-corrected chi connectivity index (χ3v) is 5.15. The molecule has 0 unspecified atom stereocenters. The van der Waals surface area contributed by atoms with Crippen LogP contribution in [0.3, 0.4) is 0 Å². The molecule has 4 rings (SSSR count). The molecule has 1 aliphatic rings. The Kier molecular flexibility index (Phi) is 5.53. The van der Waals surface area contributed by atoms with Gasteiger partial charge in [-0.15, -0.1) is 0 Å².